The molecule has 7 aromatic rings. The summed E-state index contributed by atoms with van der Waals surface area (Å²) in [6.45, 7) is 18.9. The van der Waals surface area contributed by atoms with Crippen LogP contribution in [0.15, 0.2) is 153 Å². The van der Waals surface area contributed by atoms with Gasteiger partial charge >= 0.3 is 0 Å². The van der Waals surface area contributed by atoms with Crippen molar-refractivity contribution in [3.63, 3.8) is 0 Å². The maximum Gasteiger partial charge on any atom is 0.0645 e. The molecule has 4 aromatic heterocycles. The van der Waals surface area contributed by atoms with Gasteiger partial charge in [-0.15, -0.1) is 0 Å². The second kappa shape index (κ2) is 11.9. The third-order valence-corrected chi connectivity index (χ3v) is 12.7. The minimum absolute atomic E-state index is 0.323. The molecule has 10 rings (SSSR count). The third kappa shape index (κ3) is 4.57. The van der Waals surface area contributed by atoms with Crippen LogP contribution in [0, 0.1) is 0 Å². The number of hydrogen-bond donors (Lipinski definition) is 0. The molecule has 3 aliphatic heterocycles. The summed E-state index contributed by atoms with van der Waals surface area (Å²) >= 11 is 0. The number of hydrogen-bond acceptors (Lipinski definition) is 7. The van der Waals surface area contributed by atoms with Gasteiger partial charge in [0.25, 0.3) is 0 Å². The monoisotopic (exact) mass is 729 g/mol. The highest BCUT2D eigenvalue weighted by atomic mass is 15.2. The molecule has 0 amide bonds. The smallest absolute Gasteiger partial charge is 0.0645 e. The van der Waals surface area contributed by atoms with E-state index in [-0.39, 0.29) is 10.8 Å². The van der Waals surface area contributed by atoms with Crippen LogP contribution in [0.5, 0.6) is 0 Å². The summed E-state index contributed by atoms with van der Waals surface area (Å²) in [5.41, 5.74) is 17.2. The number of pyridine rings is 4. The van der Waals surface area contributed by atoms with Crippen LogP contribution in [0.2, 0.25) is 0 Å². The van der Waals surface area contributed by atoms with E-state index >= 15 is 0 Å². The van der Waals surface area contributed by atoms with E-state index < -0.39 is 5.41 Å². The average molecular weight is 730 g/mol. The summed E-state index contributed by atoms with van der Waals surface area (Å²) in [4.78, 5) is 25.4. The van der Waals surface area contributed by atoms with Crippen molar-refractivity contribution in [2.75, 3.05) is 14.7 Å². The van der Waals surface area contributed by atoms with Crippen LogP contribution in [0.4, 0.5) is 51.2 Å². The molecule has 0 radical (unpaired) electrons. The van der Waals surface area contributed by atoms with E-state index in [4.69, 9.17) is 6.58 Å². The molecule has 7 heteroatoms. The Kier molecular flexibility index (Phi) is 7.24. The Morgan fingerprint density at radius 3 is 1.12 bits per heavy atom. The lowest BCUT2D eigenvalue weighted by Crippen LogP contribution is -2.44. The molecular formula is C49H43N7. The lowest BCUT2D eigenvalue weighted by atomic mass is 9.59. The summed E-state index contributed by atoms with van der Waals surface area (Å²) in [5, 5.41) is 0. The van der Waals surface area contributed by atoms with Crippen molar-refractivity contribution in [1.82, 2.24) is 19.9 Å². The number of nitrogens with zero attached hydrogens (tertiary/aromatic N) is 7. The topological polar surface area (TPSA) is 61.3 Å². The second-order valence-corrected chi connectivity index (χ2v) is 16.5. The molecule has 0 unspecified atom stereocenters. The number of para-hydroxylation sites is 1. The second-order valence-electron chi connectivity index (χ2n) is 16.5. The SMILES string of the molecule is C=C(C)C1(C)c2cc(N(c3cccnc3)c3cccnc3)cc3c2N2c4c(cccc4C(C)(C)c4cc(N(c5cccnc5)c5cccnc5)cc1c42)C3(C)C. The van der Waals surface area contributed by atoms with Gasteiger partial charge in [-0.3, -0.25) is 19.9 Å². The van der Waals surface area contributed by atoms with E-state index in [1.54, 1.807) is 0 Å². The van der Waals surface area contributed by atoms with Gasteiger partial charge in [-0.2, -0.15) is 0 Å². The van der Waals surface area contributed by atoms with E-state index in [0.717, 1.165) is 39.7 Å². The molecule has 0 saturated heterocycles. The molecule has 0 spiro atoms. The highest BCUT2D eigenvalue weighted by molar-refractivity contribution is 6.01. The summed E-state index contributed by atoms with van der Waals surface area (Å²) in [6, 6.07) is 32.9. The molecule has 56 heavy (non-hydrogen) atoms. The zero-order chi connectivity index (χ0) is 38.6. The number of allylic oxidation sites excluding steroid dienone is 1. The number of benzene rings is 3. The number of rotatable bonds is 7. The zero-order valence-electron chi connectivity index (χ0n) is 32.6. The summed E-state index contributed by atoms with van der Waals surface area (Å²) in [7, 11) is 0. The van der Waals surface area contributed by atoms with Gasteiger partial charge in [0.2, 0.25) is 0 Å². The first kappa shape index (κ1) is 33.9. The molecule has 3 aliphatic rings. The molecule has 0 saturated carbocycles. The Hall–Kier alpha value is -6.60. The van der Waals surface area contributed by atoms with Crippen molar-refractivity contribution in [2.24, 2.45) is 0 Å². The average Bonchev–Trinajstić information content (AvgIpc) is 3.21. The minimum atomic E-state index is -0.586. The van der Waals surface area contributed by atoms with Gasteiger partial charge in [-0.1, -0.05) is 58.0 Å². The first-order valence-electron chi connectivity index (χ1n) is 19.2. The van der Waals surface area contributed by atoms with Crippen molar-refractivity contribution in [2.45, 2.75) is 57.8 Å². The zero-order valence-corrected chi connectivity index (χ0v) is 32.6. The van der Waals surface area contributed by atoms with Gasteiger partial charge in [-0.25, -0.2) is 0 Å². The molecule has 0 atom stereocenters. The molecule has 0 N–H and O–H groups in total. The van der Waals surface area contributed by atoms with Crippen LogP contribution in [-0.4, -0.2) is 19.9 Å². The fraction of sp³-hybridized carbons (Fsp3) is 0.184. The van der Waals surface area contributed by atoms with Crippen LogP contribution in [-0.2, 0) is 16.2 Å². The highest BCUT2D eigenvalue weighted by Crippen LogP contribution is 2.68. The predicted molar refractivity (Wildman–Crippen MR) is 227 cm³/mol. The molecular weight excluding hydrogens is 687 g/mol. The van der Waals surface area contributed by atoms with Crippen molar-refractivity contribution in [3.05, 3.63) is 186 Å². The van der Waals surface area contributed by atoms with Gasteiger partial charge < -0.3 is 14.7 Å². The minimum Gasteiger partial charge on any atom is -0.309 e. The summed E-state index contributed by atoms with van der Waals surface area (Å²) in [5.74, 6) is 0. The molecule has 7 heterocycles. The highest BCUT2D eigenvalue weighted by Gasteiger charge is 2.53. The lowest BCUT2D eigenvalue weighted by molar-refractivity contribution is 0.575. The Morgan fingerprint density at radius 2 is 0.804 bits per heavy atom. The molecule has 3 aromatic carbocycles. The standard InChI is InChI=1S/C49H43N7/c1-31(2)49(7)42-25-36(54(32-13-9-19-50-27-32)33-14-10-20-51-28-33)23-40-45(42)56-44-38(47(40,3)4)17-8-18-39(44)48(5,6)41-24-37(26-43(49)46(41)56)55(34-15-11-21-52-29-34)35-16-12-22-53-30-35/h8-30H,1H2,2-7H3. The van der Waals surface area contributed by atoms with Crippen molar-refractivity contribution < 1.29 is 0 Å². The molecule has 0 bridgehead atoms. The van der Waals surface area contributed by atoms with Crippen LogP contribution >= 0.6 is 0 Å². The Bertz CT molecular complexity index is 2440. The van der Waals surface area contributed by atoms with Gasteiger partial charge in [0.1, 0.15) is 0 Å². The lowest BCUT2D eigenvalue weighted by Gasteiger charge is -2.56. The van der Waals surface area contributed by atoms with Crippen LogP contribution in [0.1, 0.15) is 74.9 Å². The van der Waals surface area contributed by atoms with Crippen molar-refractivity contribution in [1.29, 1.82) is 0 Å². The maximum atomic E-state index is 4.80. The van der Waals surface area contributed by atoms with Gasteiger partial charge in [0.05, 0.1) is 64.6 Å². The number of aromatic nitrogens is 4. The maximum absolute atomic E-state index is 4.80. The van der Waals surface area contributed by atoms with Gasteiger partial charge in [0, 0.05) is 52.4 Å². The van der Waals surface area contributed by atoms with Gasteiger partial charge in [0.15, 0.2) is 0 Å². The van der Waals surface area contributed by atoms with E-state index in [9.17, 15) is 0 Å². The molecule has 274 valence electrons. The largest absolute Gasteiger partial charge is 0.309 e. The first-order valence-corrected chi connectivity index (χ1v) is 19.2. The van der Waals surface area contributed by atoms with E-state index in [1.807, 2.05) is 73.8 Å². The Balaban J connectivity index is 1.34. The summed E-state index contributed by atoms with van der Waals surface area (Å²) in [6.07, 6.45) is 15.0. The Morgan fingerprint density at radius 1 is 0.464 bits per heavy atom. The Labute approximate surface area is 328 Å². The number of anilines is 9. The van der Waals surface area contributed by atoms with Crippen LogP contribution in [0.3, 0.4) is 0 Å². The predicted octanol–water partition coefficient (Wildman–Crippen LogP) is 12.2. The fourth-order valence-corrected chi connectivity index (χ4v) is 9.56. The van der Waals surface area contributed by atoms with Crippen molar-refractivity contribution in [3.8, 4) is 0 Å². The molecule has 7 nitrogen and oxygen atoms in total. The fourth-order valence-electron chi connectivity index (χ4n) is 9.56. The van der Waals surface area contributed by atoms with E-state index in [0.29, 0.717) is 0 Å². The normalized spacial score (nSPS) is 15.8. The van der Waals surface area contributed by atoms with E-state index in [2.05, 4.69) is 143 Å². The van der Waals surface area contributed by atoms with Crippen LogP contribution < -0.4 is 14.7 Å². The van der Waals surface area contributed by atoms with Crippen LogP contribution in [0.25, 0.3) is 0 Å². The summed E-state index contributed by atoms with van der Waals surface area (Å²) < 4.78 is 0. The molecule has 0 aliphatic carbocycles. The molecule has 0 fully saturated rings. The first-order chi connectivity index (χ1) is 27.0. The van der Waals surface area contributed by atoms with Gasteiger partial charge in [-0.05, 0) is 120 Å². The third-order valence-electron chi connectivity index (χ3n) is 12.7. The quantitative estimate of drug-likeness (QED) is 0.151. The van der Waals surface area contributed by atoms with Crippen molar-refractivity contribution >= 4 is 51.2 Å². The van der Waals surface area contributed by atoms with E-state index in [1.165, 1.54) is 50.4 Å².